The molecule has 0 heterocycles. The second-order valence-corrected chi connectivity index (χ2v) is 8.72. The molecule has 166 valence electrons. The molecule has 1 nitrogen and oxygen atoms in total. The average molecular weight is 448 g/mol. The van der Waals surface area contributed by atoms with Crippen LogP contribution in [0, 0.1) is 0 Å². The van der Waals surface area contributed by atoms with Gasteiger partial charge < -0.3 is 5.32 Å². The van der Waals surface area contributed by atoms with Gasteiger partial charge in [0.25, 0.3) is 0 Å². The fourth-order valence-electron chi connectivity index (χ4n) is 4.68. The summed E-state index contributed by atoms with van der Waals surface area (Å²) < 4.78 is 0. The zero-order chi connectivity index (χ0) is 23.5. The van der Waals surface area contributed by atoms with Gasteiger partial charge in [0.15, 0.2) is 0 Å². The summed E-state index contributed by atoms with van der Waals surface area (Å²) in [5.74, 6) is 0. The van der Waals surface area contributed by atoms with Crippen LogP contribution in [-0.4, -0.2) is 0 Å². The van der Waals surface area contributed by atoms with Crippen molar-refractivity contribution in [1.29, 1.82) is 0 Å². The van der Waals surface area contributed by atoms with E-state index in [4.69, 9.17) is 0 Å². The van der Waals surface area contributed by atoms with Crippen LogP contribution in [0.1, 0.15) is 0 Å². The van der Waals surface area contributed by atoms with Crippen molar-refractivity contribution in [3.05, 3.63) is 146 Å². The maximum atomic E-state index is 3.68. The van der Waals surface area contributed by atoms with Crippen LogP contribution in [0.3, 0.4) is 0 Å². The van der Waals surface area contributed by atoms with Crippen molar-refractivity contribution < 1.29 is 0 Å². The average Bonchev–Trinajstić information content (AvgIpc) is 2.94. The number of hydrogen-bond acceptors (Lipinski definition) is 1. The number of anilines is 2. The van der Waals surface area contributed by atoms with Crippen molar-refractivity contribution in [2.75, 3.05) is 5.32 Å². The molecule has 0 radical (unpaired) electrons. The molecule has 0 fully saturated rings. The standard InChI is InChI=1S/C34H25N/c1-3-11-25(12-4-1)26-19-21-30(22-20-26)35-34-18-10-9-17-31(34)33-24-29-16-8-7-15-28(29)23-32(33)27-13-5-2-6-14-27/h1-24,35H. The van der Waals surface area contributed by atoms with Crippen LogP contribution in [0.5, 0.6) is 0 Å². The molecule has 1 N–H and O–H groups in total. The van der Waals surface area contributed by atoms with Crippen LogP contribution in [0.25, 0.3) is 44.2 Å². The highest BCUT2D eigenvalue weighted by molar-refractivity contribution is 5.99. The maximum absolute atomic E-state index is 3.68. The number of benzene rings is 6. The predicted molar refractivity (Wildman–Crippen MR) is 150 cm³/mol. The molecule has 0 spiro atoms. The molecule has 0 saturated heterocycles. The molecule has 6 aromatic rings. The Labute approximate surface area is 206 Å². The molecule has 0 aliphatic heterocycles. The Morgan fingerprint density at radius 2 is 0.857 bits per heavy atom. The summed E-state index contributed by atoms with van der Waals surface area (Å²) in [6.07, 6.45) is 0. The van der Waals surface area contributed by atoms with Crippen molar-refractivity contribution >= 4 is 22.1 Å². The molecule has 0 aliphatic carbocycles. The summed E-state index contributed by atoms with van der Waals surface area (Å²) in [6.45, 7) is 0. The van der Waals surface area contributed by atoms with E-state index in [9.17, 15) is 0 Å². The van der Waals surface area contributed by atoms with E-state index in [2.05, 4.69) is 145 Å². The van der Waals surface area contributed by atoms with Crippen molar-refractivity contribution in [1.82, 2.24) is 0 Å². The predicted octanol–water partition coefficient (Wildman–Crippen LogP) is 9.58. The number of rotatable bonds is 5. The summed E-state index contributed by atoms with van der Waals surface area (Å²) in [5, 5.41) is 6.16. The highest BCUT2D eigenvalue weighted by atomic mass is 14.9. The summed E-state index contributed by atoms with van der Waals surface area (Å²) in [5.41, 5.74) is 9.46. The van der Waals surface area contributed by atoms with Gasteiger partial charge in [-0.15, -0.1) is 0 Å². The molecule has 0 amide bonds. The van der Waals surface area contributed by atoms with Crippen LogP contribution in [0.2, 0.25) is 0 Å². The SMILES string of the molecule is c1ccc(-c2ccc(Nc3ccccc3-c3cc4ccccc4cc3-c3ccccc3)cc2)cc1. The summed E-state index contributed by atoms with van der Waals surface area (Å²) in [7, 11) is 0. The van der Waals surface area contributed by atoms with Crippen LogP contribution < -0.4 is 5.32 Å². The normalized spacial score (nSPS) is 10.9. The lowest BCUT2D eigenvalue weighted by Gasteiger charge is -2.17. The third-order valence-corrected chi connectivity index (χ3v) is 6.46. The second-order valence-electron chi connectivity index (χ2n) is 8.72. The van der Waals surface area contributed by atoms with Gasteiger partial charge in [0.1, 0.15) is 0 Å². The van der Waals surface area contributed by atoms with Gasteiger partial charge in [-0.05, 0) is 68.9 Å². The van der Waals surface area contributed by atoms with E-state index in [1.54, 1.807) is 0 Å². The number of hydrogen-bond donors (Lipinski definition) is 1. The van der Waals surface area contributed by atoms with Gasteiger partial charge in [0.2, 0.25) is 0 Å². The van der Waals surface area contributed by atoms with Crippen LogP contribution in [0.15, 0.2) is 146 Å². The largest absolute Gasteiger partial charge is 0.355 e. The van der Waals surface area contributed by atoms with Gasteiger partial charge in [-0.25, -0.2) is 0 Å². The van der Waals surface area contributed by atoms with Crippen LogP contribution in [0.4, 0.5) is 11.4 Å². The third-order valence-electron chi connectivity index (χ3n) is 6.46. The van der Waals surface area contributed by atoms with E-state index in [0.29, 0.717) is 0 Å². The summed E-state index contributed by atoms with van der Waals surface area (Å²) >= 11 is 0. The smallest absolute Gasteiger partial charge is 0.0464 e. The molecule has 0 bridgehead atoms. The number of nitrogens with one attached hydrogen (secondary N) is 1. The van der Waals surface area contributed by atoms with Gasteiger partial charge >= 0.3 is 0 Å². The van der Waals surface area contributed by atoms with E-state index in [0.717, 1.165) is 11.4 Å². The highest BCUT2D eigenvalue weighted by Crippen LogP contribution is 2.39. The first kappa shape index (κ1) is 20.9. The summed E-state index contributed by atoms with van der Waals surface area (Å²) in [4.78, 5) is 0. The Morgan fingerprint density at radius 1 is 0.343 bits per heavy atom. The van der Waals surface area contributed by atoms with Gasteiger partial charge in [-0.3, -0.25) is 0 Å². The van der Waals surface area contributed by atoms with Gasteiger partial charge in [0, 0.05) is 16.9 Å². The van der Waals surface area contributed by atoms with E-state index < -0.39 is 0 Å². The summed E-state index contributed by atoms with van der Waals surface area (Å²) in [6, 6.07) is 51.5. The molecule has 0 atom stereocenters. The lowest BCUT2D eigenvalue weighted by Crippen LogP contribution is -1.95. The minimum atomic E-state index is 1.07. The molecule has 0 unspecified atom stereocenters. The fraction of sp³-hybridized carbons (Fsp3) is 0. The molecule has 1 heteroatoms. The quantitative estimate of drug-likeness (QED) is 0.277. The van der Waals surface area contributed by atoms with E-state index in [1.165, 1.54) is 44.2 Å². The zero-order valence-corrected chi connectivity index (χ0v) is 19.4. The molecule has 35 heavy (non-hydrogen) atoms. The highest BCUT2D eigenvalue weighted by Gasteiger charge is 2.13. The number of para-hydroxylation sites is 1. The minimum absolute atomic E-state index is 1.07. The molecule has 0 aliphatic rings. The minimum Gasteiger partial charge on any atom is -0.355 e. The van der Waals surface area contributed by atoms with E-state index in [-0.39, 0.29) is 0 Å². The van der Waals surface area contributed by atoms with Crippen LogP contribution in [-0.2, 0) is 0 Å². The maximum Gasteiger partial charge on any atom is 0.0464 e. The lowest BCUT2D eigenvalue weighted by atomic mass is 9.90. The molecule has 6 aromatic carbocycles. The molecule has 0 saturated carbocycles. The second kappa shape index (κ2) is 9.32. The third kappa shape index (κ3) is 4.32. The van der Waals surface area contributed by atoms with Gasteiger partial charge in [-0.2, -0.15) is 0 Å². The molecular weight excluding hydrogens is 422 g/mol. The first-order chi connectivity index (χ1) is 17.3. The van der Waals surface area contributed by atoms with Gasteiger partial charge in [0.05, 0.1) is 0 Å². The Kier molecular flexibility index (Phi) is 5.58. The van der Waals surface area contributed by atoms with Crippen molar-refractivity contribution in [2.24, 2.45) is 0 Å². The lowest BCUT2D eigenvalue weighted by molar-refractivity contribution is 1.53. The first-order valence-corrected chi connectivity index (χ1v) is 12.0. The Balaban J connectivity index is 1.43. The van der Waals surface area contributed by atoms with Crippen LogP contribution >= 0.6 is 0 Å². The fourth-order valence-corrected chi connectivity index (χ4v) is 4.68. The molecule has 6 rings (SSSR count). The Morgan fingerprint density at radius 3 is 1.54 bits per heavy atom. The number of fused-ring (bicyclic) bond motifs is 1. The monoisotopic (exact) mass is 447 g/mol. The zero-order valence-electron chi connectivity index (χ0n) is 19.4. The van der Waals surface area contributed by atoms with E-state index in [1.807, 2.05) is 6.07 Å². The first-order valence-electron chi connectivity index (χ1n) is 12.0. The van der Waals surface area contributed by atoms with Crippen molar-refractivity contribution in [3.63, 3.8) is 0 Å². The van der Waals surface area contributed by atoms with E-state index >= 15 is 0 Å². The van der Waals surface area contributed by atoms with Crippen molar-refractivity contribution in [3.8, 4) is 33.4 Å². The van der Waals surface area contributed by atoms with Gasteiger partial charge in [-0.1, -0.05) is 115 Å². The Bertz CT molecular complexity index is 1580. The molecule has 0 aromatic heterocycles. The van der Waals surface area contributed by atoms with Crippen molar-refractivity contribution in [2.45, 2.75) is 0 Å². The topological polar surface area (TPSA) is 12.0 Å². The Hall–Kier alpha value is -4.62. The molecular formula is C34H25N.